The Morgan fingerprint density at radius 1 is 1.04 bits per heavy atom. The van der Waals surface area contributed by atoms with Gasteiger partial charge in [-0.05, 0) is 36.4 Å². The Kier molecular flexibility index (Phi) is 4.38. The number of rotatable bonds is 5. The van der Waals surface area contributed by atoms with Crippen LogP contribution in [0.4, 0.5) is 5.69 Å². The van der Waals surface area contributed by atoms with Crippen molar-refractivity contribution >= 4 is 28.4 Å². The number of anilines is 1. The number of amides is 2. The zero-order valence-corrected chi connectivity index (χ0v) is 12.7. The minimum absolute atomic E-state index is 0.146. The summed E-state index contributed by atoms with van der Waals surface area (Å²) in [7, 11) is 0. The fourth-order valence-electron chi connectivity index (χ4n) is 2.25. The van der Waals surface area contributed by atoms with E-state index in [4.69, 9.17) is 10.5 Å². The Hall–Kier alpha value is -3.41. The van der Waals surface area contributed by atoms with Gasteiger partial charge in [0.05, 0.1) is 0 Å². The molecule has 6 nitrogen and oxygen atoms in total. The molecule has 24 heavy (non-hydrogen) atoms. The number of hydrogen-bond acceptors (Lipinski definition) is 4. The van der Waals surface area contributed by atoms with Crippen molar-refractivity contribution in [1.29, 1.82) is 0 Å². The van der Waals surface area contributed by atoms with Crippen LogP contribution in [0.3, 0.4) is 0 Å². The van der Waals surface area contributed by atoms with E-state index in [-0.39, 0.29) is 12.5 Å². The molecule has 2 aromatic carbocycles. The number of hydrogen-bond donors (Lipinski definition) is 2. The van der Waals surface area contributed by atoms with Crippen molar-refractivity contribution in [3.63, 3.8) is 0 Å². The van der Waals surface area contributed by atoms with Gasteiger partial charge in [0.15, 0.2) is 6.61 Å². The number of ether oxygens (including phenoxy) is 1. The van der Waals surface area contributed by atoms with Crippen LogP contribution in [-0.2, 0) is 4.79 Å². The summed E-state index contributed by atoms with van der Waals surface area (Å²) in [5.41, 5.74) is 6.82. The third-order valence-electron chi connectivity index (χ3n) is 3.41. The first kappa shape index (κ1) is 15.5. The van der Waals surface area contributed by atoms with Crippen LogP contribution in [0.25, 0.3) is 10.9 Å². The van der Waals surface area contributed by atoms with Gasteiger partial charge in [0.25, 0.3) is 5.91 Å². The van der Waals surface area contributed by atoms with Gasteiger partial charge in [0, 0.05) is 22.8 Å². The lowest BCUT2D eigenvalue weighted by molar-refractivity contribution is -0.118. The van der Waals surface area contributed by atoms with E-state index in [1.54, 1.807) is 36.5 Å². The van der Waals surface area contributed by atoms with Crippen molar-refractivity contribution in [2.45, 2.75) is 0 Å². The molecule has 3 rings (SSSR count). The fraction of sp³-hybridized carbons (Fsp3) is 0.0556. The molecule has 3 N–H and O–H groups in total. The lowest BCUT2D eigenvalue weighted by Crippen LogP contribution is -2.20. The number of fused-ring (bicyclic) bond motifs is 1. The maximum absolute atomic E-state index is 12.0. The zero-order valence-electron chi connectivity index (χ0n) is 12.7. The molecule has 1 aromatic heterocycles. The van der Waals surface area contributed by atoms with Crippen LogP contribution in [0.5, 0.6) is 5.75 Å². The molecule has 2 amide bonds. The van der Waals surface area contributed by atoms with Crippen molar-refractivity contribution in [1.82, 2.24) is 4.98 Å². The second-order valence-corrected chi connectivity index (χ2v) is 5.11. The second-order valence-electron chi connectivity index (χ2n) is 5.11. The van der Waals surface area contributed by atoms with Crippen molar-refractivity contribution in [2.75, 3.05) is 11.9 Å². The van der Waals surface area contributed by atoms with Crippen LogP contribution in [-0.4, -0.2) is 23.4 Å². The molecule has 0 unspecified atom stereocenters. The molecular weight excluding hydrogens is 306 g/mol. The van der Waals surface area contributed by atoms with Gasteiger partial charge in [-0.3, -0.25) is 14.6 Å². The van der Waals surface area contributed by atoms with E-state index in [1.165, 1.54) is 0 Å². The van der Waals surface area contributed by atoms with Gasteiger partial charge in [-0.1, -0.05) is 18.2 Å². The Morgan fingerprint density at radius 3 is 2.54 bits per heavy atom. The number of nitrogens with zero attached hydrogens (tertiary/aromatic N) is 1. The van der Waals surface area contributed by atoms with E-state index < -0.39 is 5.91 Å². The molecule has 0 aliphatic carbocycles. The number of pyridine rings is 1. The second kappa shape index (κ2) is 6.78. The molecule has 0 spiro atoms. The Labute approximate surface area is 138 Å². The molecule has 120 valence electrons. The Morgan fingerprint density at radius 2 is 1.79 bits per heavy atom. The summed E-state index contributed by atoms with van der Waals surface area (Å²) >= 11 is 0. The van der Waals surface area contributed by atoms with E-state index in [0.29, 0.717) is 22.5 Å². The average molecular weight is 321 g/mol. The minimum atomic E-state index is -0.514. The highest BCUT2D eigenvalue weighted by Crippen LogP contribution is 2.22. The number of benzene rings is 2. The van der Waals surface area contributed by atoms with Crippen molar-refractivity contribution in [3.8, 4) is 5.75 Å². The zero-order chi connectivity index (χ0) is 16.9. The molecule has 6 heteroatoms. The minimum Gasteiger partial charge on any atom is -0.481 e. The third kappa shape index (κ3) is 3.49. The lowest BCUT2D eigenvalue weighted by Gasteiger charge is -2.09. The number of carbonyl (C=O) groups is 2. The summed E-state index contributed by atoms with van der Waals surface area (Å²) in [6, 6.07) is 15.6. The number of nitrogens with one attached hydrogen (secondary N) is 1. The smallest absolute Gasteiger partial charge is 0.262 e. The predicted octanol–water partition coefficient (Wildman–Crippen LogP) is 2.35. The molecule has 0 aliphatic heterocycles. The highest BCUT2D eigenvalue weighted by atomic mass is 16.5. The first-order valence-corrected chi connectivity index (χ1v) is 7.30. The van der Waals surface area contributed by atoms with E-state index in [9.17, 15) is 9.59 Å². The van der Waals surface area contributed by atoms with Crippen LogP contribution in [0.15, 0.2) is 60.8 Å². The van der Waals surface area contributed by atoms with Gasteiger partial charge in [0.1, 0.15) is 11.3 Å². The topological polar surface area (TPSA) is 94.3 Å². The fourth-order valence-corrected chi connectivity index (χ4v) is 2.25. The van der Waals surface area contributed by atoms with Gasteiger partial charge in [-0.15, -0.1) is 0 Å². The van der Waals surface area contributed by atoms with Crippen LogP contribution < -0.4 is 15.8 Å². The van der Waals surface area contributed by atoms with E-state index >= 15 is 0 Å². The molecule has 0 bridgehead atoms. The third-order valence-corrected chi connectivity index (χ3v) is 3.41. The van der Waals surface area contributed by atoms with Crippen LogP contribution >= 0.6 is 0 Å². The maximum Gasteiger partial charge on any atom is 0.262 e. The van der Waals surface area contributed by atoms with Crippen molar-refractivity contribution < 1.29 is 14.3 Å². The highest BCUT2D eigenvalue weighted by Gasteiger charge is 2.07. The Bertz CT molecular complexity index is 886. The normalized spacial score (nSPS) is 10.3. The van der Waals surface area contributed by atoms with Gasteiger partial charge < -0.3 is 15.8 Å². The van der Waals surface area contributed by atoms with Gasteiger partial charge >= 0.3 is 0 Å². The molecule has 1 heterocycles. The highest BCUT2D eigenvalue weighted by molar-refractivity contribution is 5.95. The number of primary amides is 1. The summed E-state index contributed by atoms with van der Waals surface area (Å²) < 4.78 is 5.57. The number of aromatic nitrogens is 1. The van der Waals surface area contributed by atoms with E-state index in [0.717, 1.165) is 5.39 Å². The molecule has 0 saturated heterocycles. The number of carbonyl (C=O) groups excluding carboxylic acids is 2. The van der Waals surface area contributed by atoms with Crippen LogP contribution in [0, 0.1) is 0 Å². The summed E-state index contributed by atoms with van der Waals surface area (Å²) in [6.45, 7) is -0.146. The van der Waals surface area contributed by atoms with Crippen molar-refractivity contribution in [2.24, 2.45) is 5.73 Å². The molecule has 0 fully saturated rings. The summed E-state index contributed by atoms with van der Waals surface area (Å²) in [6.07, 6.45) is 1.68. The van der Waals surface area contributed by atoms with Gasteiger partial charge in [0.2, 0.25) is 5.91 Å². The summed E-state index contributed by atoms with van der Waals surface area (Å²) in [5.74, 6) is -0.276. The van der Waals surface area contributed by atoms with Crippen LogP contribution in [0.2, 0.25) is 0 Å². The maximum atomic E-state index is 12.0. The summed E-state index contributed by atoms with van der Waals surface area (Å²) in [4.78, 5) is 27.3. The van der Waals surface area contributed by atoms with Crippen molar-refractivity contribution in [3.05, 3.63) is 66.4 Å². The largest absolute Gasteiger partial charge is 0.481 e. The molecule has 0 radical (unpaired) electrons. The standard InChI is InChI=1S/C18H15N3O3/c19-18(23)13-6-8-14(9-7-13)21-16(22)11-24-15-5-1-3-12-4-2-10-20-17(12)15/h1-10H,11H2,(H2,19,23)(H,21,22). The average Bonchev–Trinajstić information content (AvgIpc) is 2.60. The quantitative estimate of drug-likeness (QED) is 0.754. The lowest BCUT2D eigenvalue weighted by atomic mass is 10.2. The SMILES string of the molecule is NC(=O)c1ccc(NC(=O)COc2cccc3cccnc23)cc1. The first-order valence-electron chi connectivity index (χ1n) is 7.30. The van der Waals surface area contributed by atoms with E-state index in [1.807, 2.05) is 24.3 Å². The Balaban J connectivity index is 1.64. The molecular formula is C18H15N3O3. The van der Waals surface area contributed by atoms with Crippen LogP contribution in [0.1, 0.15) is 10.4 Å². The molecule has 3 aromatic rings. The number of nitrogens with two attached hydrogens (primary N) is 1. The van der Waals surface area contributed by atoms with E-state index in [2.05, 4.69) is 10.3 Å². The van der Waals surface area contributed by atoms with Gasteiger partial charge in [-0.25, -0.2) is 0 Å². The first-order chi connectivity index (χ1) is 11.6. The predicted molar refractivity (Wildman–Crippen MR) is 90.8 cm³/mol. The van der Waals surface area contributed by atoms with Gasteiger partial charge in [-0.2, -0.15) is 0 Å². The molecule has 0 atom stereocenters. The number of para-hydroxylation sites is 1. The summed E-state index contributed by atoms with van der Waals surface area (Å²) in [5, 5.41) is 3.63. The molecule has 0 aliphatic rings. The monoisotopic (exact) mass is 321 g/mol. The molecule has 0 saturated carbocycles.